The summed E-state index contributed by atoms with van der Waals surface area (Å²) in [6.45, 7) is 1.28. The highest BCUT2D eigenvalue weighted by atomic mass is 35.5. The summed E-state index contributed by atoms with van der Waals surface area (Å²) >= 11 is 6.01. The summed E-state index contributed by atoms with van der Waals surface area (Å²) in [4.78, 5) is 15.0. The van der Waals surface area contributed by atoms with E-state index in [2.05, 4.69) is 15.5 Å². The Kier molecular flexibility index (Phi) is 6.56. The van der Waals surface area contributed by atoms with E-state index in [9.17, 15) is 9.90 Å². The van der Waals surface area contributed by atoms with E-state index in [1.807, 2.05) is 61.6 Å². The number of anilines is 2. The van der Waals surface area contributed by atoms with Crippen molar-refractivity contribution in [3.63, 3.8) is 0 Å². The van der Waals surface area contributed by atoms with Crippen molar-refractivity contribution in [2.45, 2.75) is 18.6 Å². The quantitative estimate of drug-likeness (QED) is 0.518. The number of hydrogen-bond donors (Lipinski definition) is 3. The van der Waals surface area contributed by atoms with Crippen molar-refractivity contribution in [1.82, 2.24) is 5.32 Å². The van der Waals surface area contributed by atoms with Gasteiger partial charge in [0.15, 0.2) is 0 Å². The van der Waals surface area contributed by atoms with E-state index in [1.165, 1.54) is 0 Å². The van der Waals surface area contributed by atoms with Gasteiger partial charge in [0, 0.05) is 35.1 Å². The summed E-state index contributed by atoms with van der Waals surface area (Å²) in [5, 5.41) is 17.5. The van der Waals surface area contributed by atoms with Gasteiger partial charge in [-0.2, -0.15) is 0 Å². The zero-order chi connectivity index (χ0) is 21.8. The van der Waals surface area contributed by atoms with E-state index in [4.69, 9.17) is 11.6 Å². The third kappa shape index (κ3) is 4.74. The lowest BCUT2D eigenvalue weighted by atomic mass is 9.99. The van der Waals surface area contributed by atoms with Gasteiger partial charge in [-0.3, -0.25) is 4.79 Å². The maximum absolute atomic E-state index is 12.7. The fourth-order valence-electron chi connectivity index (χ4n) is 4.21. The molecule has 3 N–H and O–H groups in total. The third-order valence-electron chi connectivity index (χ3n) is 5.61. The number of likely N-dealkylation sites (N-methyl/N-ethyl adjacent to an activating group) is 1. The Morgan fingerprint density at radius 1 is 1.10 bits per heavy atom. The minimum atomic E-state index is -0.566. The Labute approximate surface area is 187 Å². The largest absolute Gasteiger partial charge is 0.389 e. The van der Waals surface area contributed by atoms with Crippen molar-refractivity contribution in [3.05, 3.63) is 94.5 Å². The second kappa shape index (κ2) is 9.52. The van der Waals surface area contributed by atoms with Gasteiger partial charge in [-0.05, 0) is 61.0 Å². The summed E-state index contributed by atoms with van der Waals surface area (Å²) in [6, 6.07) is 22.8. The molecule has 2 unspecified atom stereocenters. The van der Waals surface area contributed by atoms with E-state index >= 15 is 0 Å². The maximum Gasteiger partial charge on any atom is 0.255 e. The molecule has 0 aliphatic carbocycles. The number of aliphatic hydroxyl groups is 1. The van der Waals surface area contributed by atoms with Gasteiger partial charge in [0.25, 0.3) is 5.91 Å². The number of carbonyl (C=O) groups is 1. The van der Waals surface area contributed by atoms with Crippen molar-refractivity contribution < 1.29 is 9.90 Å². The van der Waals surface area contributed by atoms with Crippen LogP contribution in [-0.2, 0) is 6.42 Å². The molecule has 0 saturated heterocycles. The molecular weight excluding hydrogens is 410 g/mol. The second-order valence-electron chi connectivity index (χ2n) is 7.73. The summed E-state index contributed by atoms with van der Waals surface area (Å²) in [6.07, 6.45) is 0.257. The lowest BCUT2D eigenvalue weighted by Gasteiger charge is -2.34. The Morgan fingerprint density at radius 2 is 1.90 bits per heavy atom. The van der Waals surface area contributed by atoms with Gasteiger partial charge in [-0.15, -0.1) is 0 Å². The molecule has 3 aromatic carbocycles. The molecular formula is C25H26ClN3O2. The average Bonchev–Trinajstić information content (AvgIpc) is 3.18. The predicted octanol–water partition coefficient (Wildman–Crippen LogP) is 4.28. The lowest BCUT2D eigenvalue weighted by molar-refractivity contribution is 0.102. The van der Waals surface area contributed by atoms with Gasteiger partial charge < -0.3 is 20.6 Å². The first kappa shape index (κ1) is 21.4. The van der Waals surface area contributed by atoms with Crippen molar-refractivity contribution >= 4 is 28.9 Å². The van der Waals surface area contributed by atoms with Crippen molar-refractivity contribution in [1.29, 1.82) is 0 Å². The van der Waals surface area contributed by atoms with Crippen LogP contribution in [0.15, 0.2) is 72.8 Å². The fraction of sp³-hybridized carbons (Fsp3) is 0.240. The Balaban J connectivity index is 1.59. The molecule has 0 spiro atoms. The number of rotatable bonds is 7. The van der Waals surface area contributed by atoms with Crippen LogP contribution in [0.1, 0.15) is 27.5 Å². The maximum atomic E-state index is 12.7. The predicted molar refractivity (Wildman–Crippen MR) is 126 cm³/mol. The molecule has 160 valence electrons. The monoisotopic (exact) mass is 435 g/mol. The smallest absolute Gasteiger partial charge is 0.255 e. The van der Waals surface area contributed by atoms with E-state index in [0.29, 0.717) is 22.8 Å². The van der Waals surface area contributed by atoms with Crippen molar-refractivity contribution in [2.24, 2.45) is 0 Å². The molecule has 2 atom stereocenters. The van der Waals surface area contributed by atoms with E-state index < -0.39 is 6.10 Å². The molecule has 0 aromatic heterocycles. The SMILES string of the molecule is CNCC(O)C(c1ccccc1)N1CCc2cc(C(=O)Nc3cccc(Cl)c3)ccc21. The first-order valence-electron chi connectivity index (χ1n) is 10.4. The van der Waals surface area contributed by atoms with Crippen molar-refractivity contribution in [2.75, 3.05) is 30.4 Å². The zero-order valence-corrected chi connectivity index (χ0v) is 18.1. The van der Waals surface area contributed by atoms with Gasteiger partial charge in [0.05, 0.1) is 12.1 Å². The molecule has 0 bridgehead atoms. The van der Waals surface area contributed by atoms with Gasteiger partial charge in [-0.1, -0.05) is 48.0 Å². The number of nitrogens with one attached hydrogen (secondary N) is 2. The molecule has 3 aromatic rings. The number of nitrogens with zero attached hydrogens (tertiary/aromatic N) is 1. The molecule has 1 aliphatic heterocycles. The second-order valence-corrected chi connectivity index (χ2v) is 8.17. The van der Waals surface area contributed by atoms with Crippen LogP contribution in [-0.4, -0.2) is 37.3 Å². The molecule has 31 heavy (non-hydrogen) atoms. The van der Waals surface area contributed by atoms with Crippen LogP contribution in [0.5, 0.6) is 0 Å². The molecule has 0 radical (unpaired) electrons. The number of amides is 1. The molecule has 6 heteroatoms. The van der Waals surface area contributed by atoms with Crippen molar-refractivity contribution in [3.8, 4) is 0 Å². The van der Waals surface area contributed by atoms with E-state index in [1.54, 1.807) is 18.2 Å². The van der Waals surface area contributed by atoms with Crippen LogP contribution in [0, 0.1) is 0 Å². The molecule has 5 nitrogen and oxygen atoms in total. The van der Waals surface area contributed by atoms with Gasteiger partial charge in [0.1, 0.15) is 0 Å². The minimum Gasteiger partial charge on any atom is -0.389 e. The van der Waals surface area contributed by atoms with Crippen LogP contribution in [0.2, 0.25) is 5.02 Å². The van der Waals surface area contributed by atoms with E-state index in [0.717, 1.165) is 29.8 Å². The molecule has 0 saturated carbocycles. The van der Waals surface area contributed by atoms with Crippen LogP contribution in [0.25, 0.3) is 0 Å². The molecule has 1 aliphatic rings. The summed E-state index contributed by atoms with van der Waals surface area (Å²) < 4.78 is 0. The highest BCUT2D eigenvalue weighted by molar-refractivity contribution is 6.31. The molecule has 1 heterocycles. The molecule has 0 fully saturated rings. The minimum absolute atomic E-state index is 0.166. The van der Waals surface area contributed by atoms with Gasteiger partial charge in [-0.25, -0.2) is 0 Å². The number of halogens is 1. The number of aliphatic hydroxyl groups excluding tert-OH is 1. The standard InChI is InChI=1S/C25H26ClN3O2/c1-27-16-23(30)24(17-6-3-2-4-7-17)29-13-12-18-14-19(10-11-22(18)29)25(31)28-21-9-5-8-20(26)15-21/h2-11,14-15,23-24,27,30H,12-13,16H2,1H3,(H,28,31). The zero-order valence-electron chi connectivity index (χ0n) is 17.4. The van der Waals surface area contributed by atoms with Gasteiger partial charge >= 0.3 is 0 Å². The first-order chi connectivity index (χ1) is 15.1. The highest BCUT2D eigenvalue weighted by Gasteiger charge is 2.32. The number of carbonyl (C=O) groups excluding carboxylic acids is 1. The van der Waals surface area contributed by atoms with Gasteiger partial charge in [0.2, 0.25) is 0 Å². The Hall–Kier alpha value is -2.86. The van der Waals surface area contributed by atoms with Crippen LogP contribution in [0.4, 0.5) is 11.4 Å². The van der Waals surface area contributed by atoms with Crippen LogP contribution < -0.4 is 15.5 Å². The van der Waals surface area contributed by atoms with Crippen LogP contribution in [0.3, 0.4) is 0 Å². The fourth-order valence-corrected chi connectivity index (χ4v) is 4.40. The summed E-state index contributed by atoms with van der Waals surface area (Å²) in [5.74, 6) is -0.168. The topological polar surface area (TPSA) is 64.6 Å². The van der Waals surface area contributed by atoms with E-state index in [-0.39, 0.29) is 11.9 Å². The number of hydrogen-bond acceptors (Lipinski definition) is 4. The summed E-state index contributed by atoms with van der Waals surface area (Å²) in [5.41, 5.74) is 4.51. The molecule has 1 amide bonds. The van der Waals surface area contributed by atoms with Crippen LogP contribution >= 0.6 is 11.6 Å². The normalized spacial score (nSPS) is 14.7. The Morgan fingerprint density at radius 3 is 2.65 bits per heavy atom. The first-order valence-corrected chi connectivity index (χ1v) is 10.8. The highest BCUT2D eigenvalue weighted by Crippen LogP contribution is 2.37. The average molecular weight is 436 g/mol. The molecule has 4 rings (SSSR count). The number of fused-ring (bicyclic) bond motifs is 1. The third-order valence-corrected chi connectivity index (χ3v) is 5.85. The Bertz CT molecular complexity index is 1060. The lowest BCUT2D eigenvalue weighted by Crippen LogP contribution is -2.40. The summed E-state index contributed by atoms with van der Waals surface area (Å²) in [7, 11) is 1.84. The number of benzene rings is 3.